The maximum absolute atomic E-state index is 13.3. The first-order valence-electron chi connectivity index (χ1n) is 6.93. The van der Waals surface area contributed by atoms with Crippen LogP contribution in [0.15, 0.2) is 60.0 Å². The van der Waals surface area contributed by atoms with E-state index in [9.17, 15) is 12.8 Å². The number of benzene rings is 2. The van der Waals surface area contributed by atoms with Gasteiger partial charge in [-0.1, -0.05) is 29.8 Å². The van der Waals surface area contributed by atoms with Crippen molar-refractivity contribution in [2.75, 3.05) is 6.54 Å². The van der Waals surface area contributed by atoms with E-state index in [1.54, 1.807) is 24.3 Å². The fourth-order valence-corrected chi connectivity index (χ4v) is 3.79. The molecule has 24 heavy (non-hydrogen) atoms. The Hall–Kier alpha value is -2.20. The van der Waals surface area contributed by atoms with E-state index in [-0.39, 0.29) is 23.0 Å². The molecule has 0 saturated heterocycles. The number of sulfonamides is 1. The van der Waals surface area contributed by atoms with Gasteiger partial charge in [-0.05, 0) is 35.9 Å². The summed E-state index contributed by atoms with van der Waals surface area (Å²) in [5.41, 5.74) is 1.10. The number of halogens is 2. The summed E-state index contributed by atoms with van der Waals surface area (Å²) in [6, 6.07) is 11.9. The molecule has 0 saturated carbocycles. The monoisotopic (exact) mass is 364 g/mol. The largest absolute Gasteiger partial charge is 0.243 e. The van der Waals surface area contributed by atoms with Gasteiger partial charge in [0.1, 0.15) is 5.82 Å². The summed E-state index contributed by atoms with van der Waals surface area (Å²) < 4.78 is 40.0. The zero-order chi connectivity index (χ0) is 17.7. The van der Waals surface area contributed by atoms with Crippen molar-refractivity contribution in [3.8, 4) is 6.07 Å². The molecule has 0 aliphatic carbocycles. The molecule has 0 radical (unpaired) electrons. The third kappa shape index (κ3) is 4.01. The van der Waals surface area contributed by atoms with Crippen molar-refractivity contribution in [1.29, 1.82) is 5.26 Å². The van der Waals surface area contributed by atoms with Crippen molar-refractivity contribution in [3.05, 3.63) is 77.1 Å². The van der Waals surface area contributed by atoms with E-state index in [4.69, 9.17) is 16.9 Å². The predicted octanol–water partition coefficient (Wildman–Crippen LogP) is 3.73. The molecule has 0 aromatic heterocycles. The molecule has 0 unspecified atom stereocenters. The molecule has 0 heterocycles. The molecule has 2 aromatic carbocycles. The van der Waals surface area contributed by atoms with Crippen LogP contribution >= 0.6 is 11.6 Å². The molecule has 124 valence electrons. The van der Waals surface area contributed by atoms with Gasteiger partial charge in [0.25, 0.3) is 0 Å². The van der Waals surface area contributed by atoms with E-state index in [1.807, 2.05) is 6.07 Å². The third-order valence-electron chi connectivity index (χ3n) is 3.28. The Morgan fingerprint density at radius 1 is 1.29 bits per heavy atom. The van der Waals surface area contributed by atoms with Gasteiger partial charge < -0.3 is 0 Å². The van der Waals surface area contributed by atoms with E-state index in [2.05, 4.69) is 6.58 Å². The molecular formula is C17H14ClFN2O2S. The highest BCUT2D eigenvalue weighted by atomic mass is 35.5. The quantitative estimate of drug-likeness (QED) is 0.734. The van der Waals surface area contributed by atoms with Crippen LogP contribution in [0.2, 0.25) is 5.02 Å². The normalized spacial score (nSPS) is 11.2. The van der Waals surface area contributed by atoms with Crippen molar-refractivity contribution in [3.63, 3.8) is 0 Å². The Morgan fingerprint density at radius 3 is 2.67 bits per heavy atom. The third-order valence-corrected chi connectivity index (χ3v) is 5.37. The molecule has 0 amide bonds. The van der Waals surface area contributed by atoms with Crippen LogP contribution < -0.4 is 0 Å². The van der Waals surface area contributed by atoms with Gasteiger partial charge in [-0.15, -0.1) is 6.58 Å². The van der Waals surface area contributed by atoms with E-state index in [0.717, 1.165) is 12.1 Å². The summed E-state index contributed by atoms with van der Waals surface area (Å²) in [6.45, 7) is 3.69. The Balaban J connectivity index is 2.39. The van der Waals surface area contributed by atoms with Gasteiger partial charge in [-0.3, -0.25) is 0 Å². The van der Waals surface area contributed by atoms with Crippen LogP contribution in [-0.2, 0) is 16.6 Å². The molecule has 7 heteroatoms. The number of hydrogen-bond donors (Lipinski definition) is 0. The zero-order valence-corrected chi connectivity index (χ0v) is 14.2. The van der Waals surface area contributed by atoms with Crippen LogP contribution in [0.1, 0.15) is 11.1 Å². The second-order valence-corrected chi connectivity index (χ2v) is 7.32. The summed E-state index contributed by atoms with van der Waals surface area (Å²) in [4.78, 5) is -0.104. The van der Waals surface area contributed by atoms with Crippen molar-refractivity contribution >= 4 is 21.6 Å². The average Bonchev–Trinajstić information content (AvgIpc) is 2.57. The Morgan fingerprint density at radius 2 is 2.04 bits per heavy atom. The van der Waals surface area contributed by atoms with Gasteiger partial charge >= 0.3 is 0 Å². The fraction of sp³-hybridized carbons (Fsp3) is 0.118. The lowest BCUT2D eigenvalue weighted by atomic mass is 10.1. The molecule has 0 aliphatic heterocycles. The Labute approximate surface area is 145 Å². The van der Waals surface area contributed by atoms with Crippen LogP contribution in [0, 0.1) is 17.1 Å². The minimum Gasteiger partial charge on any atom is -0.207 e. The Bertz CT molecular complexity index is 907. The van der Waals surface area contributed by atoms with Gasteiger partial charge in [0.05, 0.1) is 21.6 Å². The van der Waals surface area contributed by atoms with E-state index >= 15 is 0 Å². The Kier molecular flexibility index (Phi) is 5.73. The molecule has 0 fully saturated rings. The first-order chi connectivity index (χ1) is 11.4. The SMILES string of the molecule is C=CCN(Cc1cccc(C#N)c1)S(=O)(=O)c1ccc(F)c(Cl)c1. The number of hydrogen-bond acceptors (Lipinski definition) is 3. The summed E-state index contributed by atoms with van der Waals surface area (Å²) in [5, 5.41) is 8.68. The van der Waals surface area contributed by atoms with E-state index in [1.165, 1.54) is 16.4 Å². The highest BCUT2D eigenvalue weighted by Crippen LogP contribution is 2.23. The average molecular weight is 365 g/mol. The van der Waals surface area contributed by atoms with Crippen molar-refractivity contribution in [1.82, 2.24) is 4.31 Å². The fourth-order valence-electron chi connectivity index (χ4n) is 2.12. The maximum atomic E-state index is 13.3. The number of nitriles is 1. The smallest absolute Gasteiger partial charge is 0.207 e. The van der Waals surface area contributed by atoms with Gasteiger partial charge in [-0.2, -0.15) is 9.57 Å². The standard InChI is InChI=1S/C17H14ClFN2O2S/c1-2-8-21(12-14-5-3-4-13(9-14)11-20)24(22,23)15-6-7-17(19)16(18)10-15/h2-7,9-10H,1,8,12H2. The van der Waals surface area contributed by atoms with Crippen LogP contribution in [0.5, 0.6) is 0 Å². The molecule has 4 nitrogen and oxygen atoms in total. The van der Waals surface area contributed by atoms with Crippen LogP contribution in [0.3, 0.4) is 0 Å². The number of nitrogens with zero attached hydrogens (tertiary/aromatic N) is 2. The molecule has 0 bridgehead atoms. The van der Waals surface area contributed by atoms with Gasteiger partial charge in [0.15, 0.2) is 0 Å². The molecule has 0 N–H and O–H groups in total. The predicted molar refractivity (Wildman–Crippen MR) is 90.4 cm³/mol. The van der Waals surface area contributed by atoms with Gasteiger partial charge in [0.2, 0.25) is 10.0 Å². The highest BCUT2D eigenvalue weighted by Gasteiger charge is 2.24. The molecular weight excluding hydrogens is 351 g/mol. The maximum Gasteiger partial charge on any atom is 0.243 e. The lowest BCUT2D eigenvalue weighted by Crippen LogP contribution is -2.31. The van der Waals surface area contributed by atoms with Crippen LogP contribution in [-0.4, -0.2) is 19.3 Å². The lowest BCUT2D eigenvalue weighted by molar-refractivity contribution is 0.438. The number of rotatable bonds is 6. The summed E-state index contributed by atoms with van der Waals surface area (Å²) in [7, 11) is -3.89. The van der Waals surface area contributed by atoms with Crippen molar-refractivity contribution in [2.24, 2.45) is 0 Å². The van der Waals surface area contributed by atoms with Gasteiger partial charge in [-0.25, -0.2) is 12.8 Å². The van der Waals surface area contributed by atoms with Gasteiger partial charge in [0, 0.05) is 13.1 Å². The van der Waals surface area contributed by atoms with E-state index in [0.29, 0.717) is 11.1 Å². The van der Waals surface area contributed by atoms with E-state index < -0.39 is 15.8 Å². The van der Waals surface area contributed by atoms with Crippen LogP contribution in [0.25, 0.3) is 0 Å². The van der Waals surface area contributed by atoms with Crippen molar-refractivity contribution in [2.45, 2.75) is 11.4 Å². The lowest BCUT2D eigenvalue weighted by Gasteiger charge is -2.21. The topological polar surface area (TPSA) is 61.2 Å². The van der Waals surface area contributed by atoms with Crippen molar-refractivity contribution < 1.29 is 12.8 Å². The minimum absolute atomic E-state index is 0.0544. The second-order valence-electron chi connectivity index (χ2n) is 4.97. The molecule has 2 aromatic rings. The molecule has 0 spiro atoms. The summed E-state index contributed by atoms with van der Waals surface area (Å²) in [5.74, 6) is -0.687. The molecule has 0 atom stereocenters. The van der Waals surface area contributed by atoms with Crippen LogP contribution in [0.4, 0.5) is 4.39 Å². The molecule has 0 aliphatic rings. The first-order valence-corrected chi connectivity index (χ1v) is 8.75. The summed E-state index contributed by atoms with van der Waals surface area (Å²) >= 11 is 5.69. The summed E-state index contributed by atoms with van der Waals surface area (Å²) in [6.07, 6.45) is 1.46. The first kappa shape index (κ1) is 18.1. The highest BCUT2D eigenvalue weighted by molar-refractivity contribution is 7.89. The zero-order valence-electron chi connectivity index (χ0n) is 12.6. The second kappa shape index (κ2) is 7.58. The minimum atomic E-state index is -3.89. The molecule has 2 rings (SSSR count).